The van der Waals surface area contributed by atoms with Gasteiger partial charge in [-0.05, 0) is 27.7 Å². The molecule has 0 amide bonds. The van der Waals surface area contributed by atoms with Gasteiger partial charge in [-0.1, -0.05) is 13.8 Å². The Labute approximate surface area is 80.4 Å². The quantitative estimate of drug-likeness (QED) is 0.678. The van der Waals surface area contributed by atoms with Crippen LogP contribution in [-0.2, 0) is 0 Å². The Kier molecular flexibility index (Phi) is 2.19. The number of hydrogen-bond donors (Lipinski definition) is 1. The summed E-state index contributed by atoms with van der Waals surface area (Å²) in [4.78, 5) is 4.55. The third-order valence-corrected chi connectivity index (χ3v) is 3.15. The summed E-state index contributed by atoms with van der Waals surface area (Å²) < 4.78 is 0. The molecule has 1 rings (SSSR count). The fourth-order valence-corrected chi connectivity index (χ4v) is 1.39. The summed E-state index contributed by atoms with van der Waals surface area (Å²) in [5, 5.41) is 11.2. The van der Waals surface area contributed by atoms with E-state index in [0.29, 0.717) is 0 Å². The lowest BCUT2D eigenvalue weighted by molar-refractivity contribution is -0.103. The van der Waals surface area contributed by atoms with Gasteiger partial charge < -0.3 is 0 Å². The Bertz CT molecular complexity index is 241. The highest BCUT2D eigenvalue weighted by Gasteiger charge is 2.49. The Morgan fingerprint density at radius 2 is 1.69 bits per heavy atom. The lowest BCUT2D eigenvalue weighted by Crippen LogP contribution is -2.51. The molecule has 1 aliphatic heterocycles. The topological polar surface area (TPSA) is 35.8 Å². The van der Waals surface area contributed by atoms with Crippen LogP contribution in [-0.4, -0.2) is 27.2 Å². The Hall–Kier alpha value is -0.570. The minimum atomic E-state index is -0.313. The van der Waals surface area contributed by atoms with Gasteiger partial charge in [-0.2, -0.15) is 0 Å². The summed E-state index contributed by atoms with van der Waals surface area (Å²) in [7, 11) is 0. The van der Waals surface area contributed by atoms with Crippen molar-refractivity contribution in [2.75, 3.05) is 0 Å². The zero-order chi connectivity index (χ0) is 10.4. The minimum Gasteiger partial charge on any atom is -0.287 e. The van der Waals surface area contributed by atoms with Gasteiger partial charge in [0.25, 0.3) is 0 Å². The van der Waals surface area contributed by atoms with Gasteiger partial charge in [0.15, 0.2) is 0 Å². The number of amidine groups is 1. The van der Waals surface area contributed by atoms with Gasteiger partial charge in [0, 0.05) is 5.92 Å². The van der Waals surface area contributed by atoms with Crippen LogP contribution in [0.2, 0.25) is 0 Å². The lowest BCUT2D eigenvalue weighted by atomic mass is 9.84. The van der Waals surface area contributed by atoms with Gasteiger partial charge in [-0.15, -0.1) is 0 Å². The minimum absolute atomic E-state index is 0.221. The molecule has 0 saturated heterocycles. The average Bonchev–Trinajstić information content (AvgIpc) is 2.11. The molecule has 0 spiro atoms. The molecule has 0 unspecified atom stereocenters. The van der Waals surface area contributed by atoms with Crippen molar-refractivity contribution in [1.82, 2.24) is 5.06 Å². The largest absolute Gasteiger partial charge is 0.287 e. The van der Waals surface area contributed by atoms with E-state index in [1.807, 2.05) is 41.5 Å². The smallest absolute Gasteiger partial charge is 0.127 e. The van der Waals surface area contributed by atoms with E-state index in [1.165, 1.54) is 5.06 Å². The van der Waals surface area contributed by atoms with Crippen molar-refractivity contribution in [3.63, 3.8) is 0 Å². The Balaban J connectivity index is 3.07. The first-order valence-corrected chi connectivity index (χ1v) is 4.79. The van der Waals surface area contributed by atoms with Crippen LogP contribution in [0.1, 0.15) is 41.5 Å². The average molecular weight is 184 g/mol. The van der Waals surface area contributed by atoms with Crippen molar-refractivity contribution in [3.05, 3.63) is 0 Å². The highest BCUT2D eigenvalue weighted by Crippen LogP contribution is 2.37. The molecule has 0 fully saturated rings. The fourth-order valence-electron chi connectivity index (χ4n) is 1.39. The summed E-state index contributed by atoms with van der Waals surface area (Å²) in [5.74, 6) is 1.06. The molecule has 0 aromatic rings. The number of nitrogens with zero attached hydrogens (tertiary/aromatic N) is 2. The van der Waals surface area contributed by atoms with Crippen LogP contribution in [0.25, 0.3) is 0 Å². The second-order valence-electron chi connectivity index (χ2n) is 5.05. The van der Waals surface area contributed by atoms with Gasteiger partial charge in [-0.3, -0.25) is 10.2 Å². The van der Waals surface area contributed by atoms with E-state index in [-0.39, 0.29) is 17.0 Å². The summed E-state index contributed by atoms with van der Waals surface area (Å²) >= 11 is 0. The van der Waals surface area contributed by atoms with Crippen LogP contribution < -0.4 is 0 Å². The van der Waals surface area contributed by atoms with Crippen molar-refractivity contribution in [2.24, 2.45) is 10.9 Å². The van der Waals surface area contributed by atoms with Gasteiger partial charge in [0.1, 0.15) is 5.84 Å². The molecule has 0 bridgehead atoms. The van der Waals surface area contributed by atoms with E-state index < -0.39 is 0 Å². The SMILES string of the molecule is CC(C)C1=NC(C)(C)C(C)(C)N1O. The lowest BCUT2D eigenvalue weighted by Gasteiger charge is -2.37. The summed E-state index contributed by atoms with van der Waals surface area (Å²) in [6.07, 6.45) is 0. The molecular weight excluding hydrogens is 164 g/mol. The molecule has 76 valence electrons. The second kappa shape index (κ2) is 2.71. The molecular formula is C10H20N2O. The predicted molar refractivity (Wildman–Crippen MR) is 54.1 cm³/mol. The molecule has 1 aliphatic rings. The number of aliphatic imine (C=N–C) groups is 1. The van der Waals surface area contributed by atoms with Crippen molar-refractivity contribution >= 4 is 5.84 Å². The molecule has 0 aliphatic carbocycles. The number of rotatable bonds is 1. The van der Waals surface area contributed by atoms with E-state index >= 15 is 0 Å². The summed E-state index contributed by atoms with van der Waals surface area (Å²) in [5.41, 5.74) is -0.534. The maximum Gasteiger partial charge on any atom is 0.127 e. The van der Waals surface area contributed by atoms with Crippen LogP contribution in [0, 0.1) is 5.92 Å². The number of hydroxylamine groups is 2. The summed E-state index contributed by atoms with van der Waals surface area (Å²) in [6, 6.07) is 0. The third-order valence-electron chi connectivity index (χ3n) is 3.15. The van der Waals surface area contributed by atoms with E-state index in [4.69, 9.17) is 0 Å². The second-order valence-corrected chi connectivity index (χ2v) is 5.05. The van der Waals surface area contributed by atoms with Crippen LogP contribution in [0.15, 0.2) is 4.99 Å². The zero-order valence-corrected chi connectivity index (χ0v) is 9.42. The van der Waals surface area contributed by atoms with Crippen molar-refractivity contribution in [1.29, 1.82) is 0 Å². The molecule has 3 heteroatoms. The third kappa shape index (κ3) is 1.35. The first kappa shape index (κ1) is 10.5. The molecule has 0 atom stereocenters. The molecule has 0 radical (unpaired) electrons. The van der Waals surface area contributed by atoms with Gasteiger partial charge in [0.2, 0.25) is 0 Å². The molecule has 13 heavy (non-hydrogen) atoms. The van der Waals surface area contributed by atoms with Crippen LogP contribution >= 0.6 is 0 Å². The molecule has 0 aromatic heterocycles. The molecule has 1 N–H and O–H groups in total. The van der Waals surface area contributed by atoms with Crippen molar-refractivity contribution < 1.29 is 5.21 Å². The zero-order valence-electron chi connectivity index (χ0n) is 9.42. The van der Waals surface area contributed by atoms with E-state index in [9.17, 15) is 5.21 Å². The van der Waals surface area contributed by atoms with E-state index in [2.05, 4.69) is 4.99 Å². The Morgan fingerprint density at radius 1 is 1.23 bits per heavy atom. The first-order valence-electron chi connectivity index (χ1n) is 4.79. The highest BCUT2D eigenvalue weighted by molar-refractivity contribution is 5.86. The standard InChI is InChI=1S/C10H20N2O/c1-7(2)8-11-9(3,4)10(5,6)12(8)13/h7,13H,1-6H3. The van der Waals surface area contributed by atoms with E-state index in [1.54, 1.807) is 0 Å². The maximum atomic E-state index is 9.93. The monoisotopic (exact) mass is 184 g/mol. The normalized spacial score (nSPS) is 25.2. The van der Waals surface area contributed by atoms with Gasteiger partial charge in [-0.25, -0.2) is 5.06 Å². The Morgan fingerprint density at radius 3 is 1.85 bits per heavy atom. The number of hydrogen-bond acceptors (Lipinski definition) is 3. The van der Waals surface area contributed by atoms with Gasteiger partial charge >= 0.3 is 0 Å². The summed E-state index contributed by atoms with van der Waals surface area (Å²) in [6.45, 7) is 12.2. The van der Waals surface area contributed by atoms with Crippen molar-refractivity contribution in [2.45, 2.75) is 52.6 Å². The highest BCUT2D eigenvalue weighted by atomic mass is 16.5. The molecule has 1 heterocycles. The van der Waals surface area contributed by atoms with Crippen LogP contribution in [0.4, 0.5) is 0 Å². The molecule has 0 aromatic carbocycles. The van der Waals surface area contributed by atoms with Crippen LogP contribution in [0.3, 0.4) is 0 Å². The predicted octanol–water partition coefficient (Wildman–Crippen LogP) is 2.30. The molecule has 3 nitrogen and oxygen atoms in total. The fraction of sp³-hybridized carbons (Fsp3) is 0.900. The first-order chi connectivity index (χ1) is 5.70. The van der Waals surface area contributed by atoms with Gasteiger partial charge in [0.05, 0.1) is 11.1 Å². The maximum absolute atomic E-state index is 9.93. The molecule has 0 saturated carbocycles. The van der Waals surface area contributed by atoms with E-state index in [0.717, 1.165) is 5.84 Å². The van der Waals surface area contributed by atoms with Crippen LogP contribution in [0.5, 0.6) is 0 Å². The van der Waals surface area contributed by atoms with Crippen molar-refractivity contribution in [3.8, 4) is 0 Å².